The largest absolute Gasteiger partial charge is 0.394 e. The first-order valence-corrected chi connectivity index (χ1v) is 4.53. The number of rotatable bonds is 3. The van der Waals surface area contributed by atoms with E-state index in [1.165, 1.54) is 0 Å². The molecule has 0 aromatic carbocycles. The van der Waals surface area contributed by atoms with Gasteiger partial charge in [0, 0.05) is 0 Å². The van der Waals surface area contributed by atoms with Crippen LogP contribution in [0.4, 0.5) is 0 Å². The van der Waals surface area contributed by atoms with Gasteiger partial charge in [-0.3, -0.25) is 0 Å². The van der Waals surface area contributed by atoms with Crippen molar-refractivity contribution in [3.63, 3.8) is 0 Å². The van der Waals surface area contributed by atoms with Crippen molar-refractivity contribution in [1.82, 2.24) is 0 Å². The van der Waals surface area contributed by atoms with Crippen molar-refractivity contribution in [2.24, 2.45) is 0 Å². The molecule has 0 amide bonds. The Morgan fingerprint density at radius 1 is 1.07 bits per heavy atom. The van der Waals surface area contributed by atoms with Gasteiger partial charge in [0.25, 0.3) is 0 Å². The Morgan fingerprint density at radius 3 is 2.14 bits per heavy atom. The van der Waals surface area contributed by atoms with Gasteiger partial charge in [-0.1, -0.05) is 6.08 Å². The van der Waals surface area contributed by atoms with E-state index in [2.05, 4.69) is 6.58 Å². The standard InChI is InChI=1S/C9H16O5/c1-2-3-5-7(11)9(13)8(12)6(4-10)14-5/h2,5-13H,1,3-4H2/t5-,6?,7?,8+,9?/m1/s1. The highest BCUT2D eigenvalue weighted by Crippen LogP contribution is 2.22. The molecule has 0 spiro atoms. The third kappa shape index (κ3) is 2.13. The molecule has 0 saturated carbocycles. The van der Waals surface area contributed by atoms with Gasteiger partial charge < -0.3 is 25.2 Å². The molecule has 1 aliphatic heterocycles. The van der Waals surface area contributed by atoms with E-state index in [4.69, 9.17) is 9.84 Å². The molecule has 0 aromatic heterocycles. The van der Waals surface area contributed by atoms with Gasteiger partial charge >= 0.3 is 0 Å². The summed E-state index contributed by atoms with van der Waals surface area (Å²) in [5, 5.41) is 37.1. The van der Waals surface area contributed by atoms with Gasteiger partial charge in [-0.25, -0.2) is 0 Å². The first-order valence-electron chi connectivity index (χ1n) is 4.53. The maximum absolute atomic E-state index is 9.49. The quantitative estimate of drug-likeness (QED) is 0.416. The molecule has 0 aromatic rings. The van der Waals surface area contributed by atoms with Crippen LogP contribution in [0.5, 0.6) is 0 Å². The van der Waals surface area contributed by atoms with E-state index in [1.807, 2.05) is 0 Å². The van der Waals surface area contributed by atoms with Crippen LogP contribution < -0.4 is 0 Å². The van der Waals surface area contributed by atoms with E-state index in [9.17, 15) is 15.3 Å². The minimum atomic E-state index is -1.29. The van der Waals surface area contributed by atoms with Crippen molar-refractivity contribution in [3.05, 3.63) is 12.7 Å². The van der Waals surface area contributed by atoms with Gasteiger partial charge in [-0.05, 0) is 6.42 Å². The third-order valence-electron chi connectivity index (χ3n) is 2.39. The second kappa shape index (κ2) is 4.86. The maximum Gasteiger partial charge on any atom is 0.111 e. The molecule has 1 rings (SSSR count). The first-order chi connectivity index (χ1) is 6.61. The van der Waals surface area contributed by atoms with Gasteiger partial charge in [0.1, 0.15) is 24.4 Å². The smallest absolute Gasteiger partial charge is 0.111 e. The molecule has 5 nitrogen and oxygen atoms in total. The number of hydrogen-bond acceptors (Lipinski definition) is 5. The number of aliphatic hydroxyl groups is 4. The van der Waals surface area contributed by atoms with Crippen molar-refractivity contribution >= 4 is 0 Å². The molecule has 1 heterocycles. The monoisotopic (exact) mass is 204 g/mol. The number of aliphatic hydroxyl groups excluding tert-OH is 4. The van der Waals surface area contributed by atoms with E-state index in [-0.39, 0.29) is 0 Å². The summed E-state index contributed by atoms with van der Waals surface area (Å²) in [5.74, 6) is 0. The van der Waals surface area contributed by atoms with Crippen LogP contribution in [0.15, 0.2) is 12.7 Å². The first kappa shape index (κ1) is 11.6. The Labute approximate surface area is 82.3 Å². The second-order valence-corrected chi connectivity index (χ2v) is 3.39. The van der Waals surface area contributed by atoms with Crippen molar-refractivity contribution in [3.8, 4) is 0 Å². The maximum atomic E-state index is 9.49. The summed E-state index contributed by atoms with van der Waals surface area (Å²) >= 11 is 0. The molecule has 0 radical (unpaired) electrons. The molecule has 14 heavy (non-hydrogen) atoms. The van der Waals surface area contributed by atoms with Crippen LogP contribution in [0, 0.1) is 0 Å². The summed E-state index contributed by atoms with van der Waals surface area (Å²) in [4.78, 5) is 0. The topological polar surface area (TPSA) is 90.2 Å². The lowest BCUT2D eigenvalue weighted by atomic mass is 9.94. The van der Waals surface area contributed by atoms with Gasteiger partial charge in [-0.15, -0.1) is 6.58 Å². The normalized spacial score (nSPS) is 43.6. The Bertz CT molecular complexity index is 194. The minimum Gasteiger partial charge on any atom is -0.394 e. The fraction of sp³-hybridized carbons (Fsp3) is 0.778. The number of ether oxygens (including phenoxy) is 1. The van der Waals surface area contributed by atoms with E-state index >= 15 is 0 Å². The summed E-state index contributed by atoms with van der Waals surface area (Å²) in [7, 11) is 0. The third-order valence-corrected chi connectivity index (χ3v) is 2.39. The van der Waals surface area contributed by atoms with E-state index in [0.717, 1.165) is 0 Å². The molecule has 5 atom stereocenters. The van der Waals surface area contributed by atoms with E-state index < -0.39 is 37.1 Å². The predicted octanol–water partition coefficient (Wildman–Crippen LogP) is -1.60. The lowest BCUT2D eigenvalue weighted by molar-refractivity contribution is -0.227. The molecular formula is C9H16O5. The zero-order valence-electron chi connectivity index (χ0n) is 7.78. The summed E-state index contributed by atoms with van der Waals surface area (Å²) in [6, 6.07) is 0. The highest BCUT2D eigenvalue weighted by Gasteiger charge is 2.42. The van der Waals surface area contributed by atoms with Gasteiger partial charge in [0.15, 0.2) is 0 Å². The van der Waals surface area contributed by atoms with E-state index in [0.29, 0.717) is 6.42 Å². The summed E-state index contributed by atoms with van der Waals surface area (Å²) in [6.45, 7) is 3.10. The highest BCUT2D eigenvalue weighted by molar-refractivity contribution is 4.94. The Kier molecular flexibility index (Phi) is 4.03. The molecule has 0 bridgehead atoms. The van der Waals surface area contributed by atoms with E-state index in [1.54, 1.807) is 6.08 Å². The van der Waals surface area contributed by atoms with Crippen LogP contribution in [0.2, 0.25) is 0 Å². The van der Waals surface area contributed by atoms with Gasteiger partial charge in [-0.2, -0.15) is 0 Å². The highest BCUT2D eigenvalue weighted by atomic mass is 16.5. The average Bonchev–Trinajstić information content (AvgIpc) is 2.19. The molecule has 5 heteroatoms. The van der Waals surface area contributed by atoms with Crippen molar-refractivity contribution < 1.29 is 25.2 Å². The van der Waals surface area contributed by atoms with Crippen LogP contribution in [0.25, 0.3) is 0 Å². The zero-order valence-corrected chi connectivity index (χ0v) is 7.78. The summed E-state index contributed by atoms with van der Waals surface area (Å²) in [6.07, 6.45) is -3.25. The van der Waals surface area contributed by atoms with Gasteiger partial charge in [0.05, 0.1) is 12.7 Å². The molecule has 4 N–H and O–H groups in total. The Hall–Kier alpha value is -0.460. The lowest BCUT2D eigenvalue weighted by Crippen LogP contribution is -2.58. The fourth-order valence-corrected chi connectivity index (χ4v) is 1.54. The molecule has 1 saturated heterocycles. The van der Waals surface area contributed by atoms with Crippen LogP contribution in [0.3, 0.4) is 0 Å². The Balaban J connectivity index is 2.67. The van der Waals surface area contributed by atoms with Crippen LogP contribution in [-0.2, 0) is 4.74 Å². The van der Waals surface area contributed by atoms with Crippen LogP contribution >= 0.6 is 0 Å². The molecule has 0 aliphatic carbocycles. The van der Waals surface area contributed by atoms with Gasteiger partial charge in [0.2, 0.25) is 0 Å². The van der Waals surface area contributed by atoms with Crippen LogP contribution in [0.1, 0.15) is 6.42 Å². The zero-order chi connectivity index (χ0) is 10.7. The molecule has 1 fully saturated rings. The number of hydrogen-bond donors (Lipinski definition) is 4. The second-order valence-electron chi connectivity index (χ2n) is 3.39. The average molecular weight is 204 g/mol. The molecule has 82 valence electrons. The minimum absolute atomic E-state index is 0.363. The Morgan fingerprint density at radius 2 is 1.64 bits per heavy atom. The lowest BCUT2D eigenvalue weighted by Gasteiger charge is -2.39. The summed E-state index contributed by atoms with van der Waals surface area (Å²) in [5.41, 5.74) is 0. The molecular weight excluding hydrogens is 188 g/mol. The van der Waals surface area contributed by atoms with Crippen molar-refractivity contribution in [1.29, 1.82) is 0 Å². The van der Waals surface area contributed by atoms with Crippen molar-refractivity contribution in [2.75, 3.05) is 6.61 Å². The summed E-state index contributed by atoms with van der Waals surface area (Å²) < 4.78 is 5.19. The van der Waals surface area contributed by atoms with Crippen molar-refractivity contribution in [2.45, 2.75) is 36.9 Å². The predicted molar refractivity (Wildman–Crippen MR) is 48.6 cm³/mol. The van der Waals surface area contributed by atoms with Crippen LogP contribution in [-0.4, -0.2) is 57.6 Å². The SMILES string of the molecule is C=CC[C@H]1OC(CO)[C@H](O)C(O)C1O. The molecule has 3 unspecified atom stereocenters. The molecule has 1 aliphatic rings. The fourth-order valence-electron chi connectivity index (χ4n) is 1.54.